The molecule has 1 saturated heterocycles. The maximum atomic E-state index is 12.6. The molecular formula is C29H25F3N6O3S. The van der Waals surface area contributed by atoms with Crippen molar-refractivity contribution in [1.82, 2.24) is 20.1 Å². The summed E-state index contributed by atoms with van der Waals surface area (Å²) in [7, 11) is 0. The van der Waals surface area contributed by atoms with Gasteiger partial charge in [0, 0.05) is 12.1 Å². The van der Waals surface area contributed by atoms with Crippen LogP contribution in [-0.4, -0.2) is 50.5 Å². The van der Waals surface area contributed by atoms with Gasteiger partial charge in [-0.3, -0.25) is 9.69 Å². The van der Waals surface area contributed by atoms with Gasteiger partial charge in [0.05, 0.1) is 17.1 Å². The molecule has 9 nitrogen and oxygen atoms in total. The zero-order valence-corrected chi connectivity index (χ0v) is 23.2. The van der Waals surface area contributed by atoms with Gasteiger partial charge in [-0.1, -0.05) is 55.1 Å². The van der Waals surface area contributed by atoms with Crippen molar-refractivity contribution in [3.8, 4) is 22.8 Å². The number of hydrogen-bond donors (Lipinski definition) is 1. The molecule has 1 aromatic heterocycles. The molecule has 0 unspecified atom stereocenters. The third kappa shape index (κ3) is 6.97. The molecule has 3 aromatic carbocycles. The van der Waals surface area contributed by atoms with E-state index >= 15 is 0 Å². The summed E-state index contributed by atoms with van der Waals surface area (Å²) in [6, 6.07) is 19.8. The number of carbonyl (C=O) groups is 2. The van der Waals surface area contributed by atoms with Crippen LogP contribution in [0.2, 0.25) is 0 Å². The second kappa shape index (κ2) is 12.5. The van der Waals surface area contributed by atoms with E-state index in [-0.39, 0.29) is 11.0 Å². The molecule has 0 bridgehead atoms. The third-order valence-corrected chi connectivity index (χ3v) is 7.14. The van der Waals surface area contributed by atoms with Gasteiger partial charge < -0.3 is 10.1 Å². The fourth-order valence-corrected chi connectivity index (χ4v) is 5.14. The first kappa shape index (κ1) is 28.9. The van der Waals surface area contributed by atoms with E-state index in [1.165, 1.54) is 40.2 Å². The van der Waals surface area contributed by atoms with E-state index in [0.29, 0.717) is 36.1 Å². The van der Waals surface area contributed by atoms with E-state index in [4.69, 9.17) is 0 Å². The van der Waals surface area contributed by atoms with Gasteiger partial charge in [0.1, 0.15) is 17.9 Å². The number of nitrogens with zero attached hydrogens (tertiary/aromatic N) is 5. The number of alkyl halides is 3. The number of thioether (sulfide) groups is 1. The Morgan fingerprint density at radius 3 is 2.64 bits per heavy atom. The normalized spacial score (nSPS) is 14.4. The molecule has 216 valence electrons. The molecule has 1 fully saturated rings. The van der Waals surface area contributed by atoms with Crippen LogP contribution >= 0.6 is 11.8 Å². The molecule has 0 radical (unpaired) electrons. The highest BCUT2D eigenvalue weighted by atomic mass is 32.2. The number of hydrogen-bond acceptors (Lipinski definition) is 6. The summed E-state index contributed by atoms with van der Waals surface area (Å²) in [6.07, 6.45) is -2.04. The lowest BCUT2D eigenvalue weighted by Gasteiger charge is -2.19. The second-order valence-corrected chi connectivity index (χ2v) is 10.1. The number of para-hydroxylation sites is 1. The molecule has 0 atom stereocenters. The fraction of sp³-hybridized carbons (Fsp3) is 0.207. The summed E-state index contributed by atoms with van der Waals surface area (Å²) in [4.78, 5) is 35.2. The molecule has 1 aliphatic heterocycles. The lowest BCUT2D eigenvalue weighted by atomic mass is 10.1. The van der Waals surface area contributed by atoms with Gasteiger partial charge in [0.2, 0.25) is 0 Å². The van der Waals surface area contributed by atoms with Crippen LogP contribution < -0.4 is 15.0 Å². The Labute approximate surface area is 243 Å². The Morgan fingerprint density at radius 2 is 1.88 bits per heavy atom. The molecule has 2 heterocycles. The Morgan fingerprint density at radius 1 is 1.10 bits per heavy atom. The number of carbonyl (C=O) groups excluding carboxylic acids is 2. The zero-order chi connectivity index (χ0) is 29.7. The van der Waals surface area contributed by atoms with Crippen LogP contribution in [0.4, 0.5) is 28.4 Å². The zero-order valence-electron chi connectivity index (χ0n) is 22.3. The standard InChI is InChI=1S/C29H25F3N6O3S/c1-2-20-7-3-4-9-24(20)38-25(17-42-28(38)40)35-27(39)33-15-14-19-6-5-8-21(16-19)26-34-18-37(36-26)22-10-12-23(13-11-22)41-29(30,31)32/h3-13,16,18H,2,14-15,17H2,1H3,(H,33,39)/b35-25+. The van der Waals surface area contributed by atoms with Crippen molar-refractivity contribution < 1.29 is 27.5 Å². The van der Waals surface area contributed by atoms with E-state index < -0.39 is 12.4 Å². The minimum absolute atomic E-state index is 0.164. The van der Waals surface area contributed by atoms with Crippen molar-refractivity contribution >= 4 is 34.6 Å². The number of halogens is 3. The predicted molar refractivity (Wildman–Crippen MR) is 154 cm³/mol. The lowest BCUT2D eigenvalue weighted by Crippen LogP contribution is -2.32. The summed E-state index contributed by atoms with van der Waals surface area (Å²) in [6.45, 7) is 2.32. The molecule has 5 rings (SSSR count). The number of anilines is 1. The molecular weight excluding hydrogens is 569 g/mol. The van der Waals surface area contributed by atoms with Crippen molar-refractivity contribution in [2.24, 2.45) is 4.99 Å². The van der Waals surface area contributed by atoms with Crippen LogP contribution in [0.3, 0.4) is 0 Å². The van der Waals surface area contributed by atoms with Crippen LogP contribution in [0.5, 0.6) is 5.75 Å². The quantitative estimate of drug-likeness (QED) is 0.253. The first-order valence-corrected chi connectivity index (χ1v) is 14.0. The van der Waals surface area contributed by atoms with Crippen molar-refractivity contribution in [3.63, 3.8) is 0 Å². The van der Waals surface area contributed by atoms with E-state index in [9.17, 15) is 22.8 Å². The highest BCUT2D eigenvalue weighted by Gasteiger charge is 2.32. The van der Waals surface area contributed by atoms with Gasteiger partial charge in [-0.25, -0.2) is 14.5 Å². The van der Waals surface area contributed by atoms with E-state index in [1.807, 2.05) is 55.5 Å². The van der Waals surface area contributed by atoms with Crippen LogP contribution in [0.15, 0.2) is 84.1 Å². The van der Waals surface area contributed by atoms with Crippen molar-refractivity contribution in [2.45, 2.75) is 26.1 Å². The van der Waals surface area contributed by atoms with E-state index in [0.717, 1.165) is 40.6 Å². The van der Waals surface area contributed by atoms with Gasteiger partial charge in [-0.2, -0.15) is 4.99 Å². The number of benzene rings is 3. The van der Waals surface area contributed by atoms with Crippen molar-refractivity contribution in [3.05, 3.63) is 90.3 Å². The maximum Gasteiger partial charge on any atom is 0.573 e. The van der Waals surface area contributed by atoms with Gasteiger partial charge in [0.25, 0.3) is 5.24 Å². The maximum absolute atomic E-state index is 12.6. The molecule has 1 N–H and O–H groups in total. The molecule has 0 saturated carbocycles. The smallest absolute Gasteiger partial charge is 0.406 e. The minimum atomic E-state index is -4.76. The number of aliphatic imine (C=N–C) groups is 1. The molecule has 0 spiro atoms. The van der Waals surface area contributed by atoms with Crippen molar-refractivity contribution in [2.75, 3.05) is 17.2 Å². The number of amides is 3. The van der Waals surface area contributed by atoms with Crippen molar-refractivity contribution in [1.29, 1.82) is 0 Å². The monoisotopic (exact) mass is 594 g/mol. The largest absolute Gasteiger partial charge is 0.573 e. The minimum Gasteiger partial charge on any atom is -0.406 e. The predicted octanol–water partition coefficient (Wildman–Crippen LogP) is 6.42. The van der Waals surface area contributed by atoms with Gasteiger partial charge >= 0.3 is 12.4 Å². The summed E-state index contributed by atoms with van der Waals surface area (Å²) >= 11 is 1.11. The van der Waals surface area contributed by atoms with Gasteiger partial charge in [0.15, 0.2) is 5.82 Å². The van der Waals surface area contributed by atoms with Gasteiger partial charge in [-0.05, 0) is 60.4 Å². The lowest BCUT2D eigenvalue weighted by molar-refractivity contribution is -0.274. The average molecular weight is 595 g/mol. The number of nitrogens with one attached hydrogen (secondary N) is 1. The Bertz CT molecular complexity index is 1620. The van der Waals surface area contributed by atoms with Crippen LogP contribution in [0.25, 0.3) is 17.1 Å². The number of amidine groups is 1. The Kier molecular flexibility index (Phi) is 8.57. The number of aryl methyl sites for hydroxylation is 1. The number of aromatic nitrogens is 3. The highest BCUT2D eigenvalue weighted by Crippen LogP contribution is 2.30. The van der Waals surface area contributed by atoms with E-state index in [1.54, 1.807) is 0 Å². The second-order valence-electron chi connectivity index (χ2n) is 9.14. The molecule has 4 aromatic rings. The third-order valence-electron chi connectivity index (χ3n) is 6.31. The topological polar surface area (TPSA) is 102 Å². The molecule has 42 heavy (non-hydrogen) atoms. The van der Waals surface area contributed by atoms with Crippen LogP contribution in [0.1, 0.15) is 18.1 Å². The Hall–Kier alpha value is -4.65. The van der Waals surface area contributed by atoms with Gasteiger partial charge in [-0.15, -0.1) is 18.3 Å². The van der Waals surface area contributed by atoms with Crippen LogP contribution in [0, 0.1) is 0 Å². The SMILES string of the molecule is CCc1ccccc1N1C(=O)SC/C1=N\C(=O)NCCc1cccc(-c2ncn(-c3ccc(OC(F)(F)F)cc3)n2)c1. The first-order chi connectivity index (χ1) is 20.2. The summed E-state index contributed by atoms with van der Waals surface area (Å²) < 4.78 is 42.6. The van der Waals surface area contributed by atoms with Crippen LogP contribution in [-0.2, 0) is 12.8 Å². The first-order valence-electron chi connectivity index (χ1n) is 13.0. The fourth-order valence-electron chi connectivity index (χ4n) is 4.37. The molecule has 1 aliphatic rings. The summed E-state index contributed by atoms with van der Waals surface area (Å²) in [5.74, 6) is 0.818. The summed E-state index contributed by atoms with van der Waals surface area (Å²) in [5, 5.41) is 7.06. The highest BCUT2D eigenvalue weighted by molar-refractivity contribution is 8.15. The molecule has 0 aliphatic carbocycles. The summed E-state index contributed by atoms with van der Waals surface area (Å²) in [5.41, 5.74) is 3.91. The number of urea groups is 1. The average Bonchev–Trinajstić information content (AvgIpc) is 3.60. The molecule has 13 heteroatoms. The number of rotatable bonds is 8. The Balaban J connectivity index is 1.20. The number of ether oxygens (including phenoxy) is 1. The molecule has 3 amide bonds. The van der Waals surface area contributed by atoms with E-state index in [2.05, 4.69) is 25.1 Å².